The second kappa shape index (κ2) is 15.1. The molecule has 5 rings (SSSR count). The Morgan fingerprint density at radius 3 is 2.50 bits per heavy atom. The molecule has 1 aliphatic rings. The lowest BCUT2D eigenvalue weighted by Gasteiger charge is -2.32. The summed E-state index contributed by atoms with van der Waals surface area (Å²) in [6.45, 7) is 5.66. The van der Waals surface area contributed by atoms with E-state index >= 15 is 0 Å². The van der Waals surface area contributed by atoms with E-state index in [0.29, 0.717) is 34.6 Å². The molecule has 1 fully saturated rings. The predicted octanol–water partition coefficient (Wildman–Crippen LogP) is 6.72. The van der Waals surface area contributed by atoms with Crippen LogP contribution < -0.4 is 15.0 Å². The van der Waals surface area contributed by atoms with Gasteiger partial charge in [-0.3, -0.25) is 4.79 Å². The molecule has 3 aromatic carbocycles. The van der Waals surface area contributed by atoms with Gasteiger partial charge in [0.25, 0.3) is 5.91 Å². The number of anilines is 2. The summed E-state index contributed by atoms with van der Waals surface area (Å²) in [7, 11) is 3.10. The summed E-state index contributed by atoms with van der Waals surface area (Å²) < 4.78 is 16.7. The zero-order valence-corrected chi connectivity index (χ0v) is 26.7. The number of benzene rings is 3. The summed E-state index contributed by atoms with van der Waals surface area (Å²) in [5.74, 6) is 1.40. The maximum Gasteiger partial charge on any atom is 0.251 e. The lowest BCUT2D eigenvalue weighted by atomic mass is 9.95. The first kappa shape index (κ1) is 32.7. The van der Waals surface area contributed by atoms with E-state index in [-0.39, 0.29) is 17.8 Å². The topological polar surface area (TPSA) is 113 Å². The third kappa shape index (κ3) is 7.74. The molecule has 9 heteroatoms. The zero-order valence-electron chi connectivity index (χ0n) is 26.7. The number of phenols is 1. The SMILES string of the molecule is COc1ccccc1-c1ccc(O)c(C(C)=C(C)C(=O)Nc2ccc(N3CCC(OCc4cccc(C(O)OC)c4)CC3)nc2)c1. The van der Waals surface area contributed by atoms with Crippen molar-refractivity contribution >= 4 is 23.0 Å². The Kier molecular flexibility index (Phi) is 10.7. The lowest BCUT2D eigenvalue weighted by molar-refractivity contribution is -0.112. The molecular weight excluding hydrogens is 582 g/mol. The van der Waals surface area contributed by atoms with E-state index in [0.717, 1.165) is 54.2 Å². The standard InChI is InChI=1S/C37H41N3O6/c1-24(32-21-27(12-14-33(32)41)31-10-5-6-11-34(31)44-3)25(2)36(42)39-29-13-15-35(38-22-29)40-18-16-30(17-19-40)46-23-26-8-7-9-28(20-26)37(43)45-4/h5-15,20-22,30,37,41,43H,16-19,23H2,1-4H3,(H,39,42). The molecular formula is C37H41N3O6. The van der Waals surface area contributed by atoms with E-state index in [2.05, 4.69) is 15.2 Å². The molecule has 1 aromatic heterocycles. The summed E-state index contributed by atoms with van der Waals surface area (Å²) in [6.07, 6.45) is 2.60. The molecule has 0 saturated carbocycles. The molecule has 9 nitrogen and oxygen atoms in total. The fraction of sp³-hybridized carbons (Fsp3) is 0.297. The number of nitrogens with one attached hydrogen (secondary N) is 1. The number of para-hydroxylation sites is 1. The molecule has 0 spiro atoms. The maximum absolute atomic E-state index is 13.2. The van der Waals surface area contributed by atoms with Crippen molar-refractivity contribution in [3.05, 3.63) is 107 Å². The van der Waals surface area contributed by atoms with Crippen molar-refractivity contribution in [3.63, 3.8) is 0 Å². The third-order valence-electron chi connectivity index (χ3n) is 8.44. The van der Waals surface area contributed by atoms with Crippen LogP contribution in [-0.4, -0.2) is 54.5 Å². The molecule has 0 bridgehead atoms. The first-order valence-corrected chi connectivity index (χ1v) is 15.3. The van der Waals surface area contributed by atoms with Gasteiger partial charge in [-0.25, -0.2) is 4.98 Å². The number of aliphatic hydroxyl groups excluding tert-OH is 1. The number of pyridine rings is 1. The van der Waals surface area contributed by atoms with Crippen LogP contribution in [0.15, 0.2) is 90.6 Å². The number of carbonyl (C=O) groups excluding carboxylic acids is 1. The van der Waals surface area contributed by atoms with Crippen molar-refractivity contribution in [1.29, 1.82) is 0 Å². The first-order valence-electron chi connectivity index (χ1n) is 15.3. The number of piperidine rings is 1. The molecule has 1 unspecified atom stereocenters. The van der Waals surface area contributed by atoms with Crippen LogP contribution in [0.4, 0.5) is 11.5 Å². The first-order chi connectivity index (χ1) is 22.3. The van der Waals surface area contributed by atoms with Gasteiger partial charge in [0.2, 0.25) is 0 Å². The van der Waals surface area contributed by atoms with Crippen LogP contribution in [0.1, 0.15) is 49.7 Å². The van der Waals surface area contributed by atoms with Gasteiger partial charge in [-0.15, -0.1) is 0 Å². The molecule has 46 heavy (non-hydrogen) atoms. The van der Waals surface area contributed by atoms with E-state index in [9.17, 15) is 15.0 Å². The van der Waals surface area contributed by atoms with E-state index in [1.54, 1.807) is 26.3 Å². The van der Waals surface area contributed by atoms with Crippen molar-refractivity contribution < 1.29 is 29.2 Å². The van der Waals surface area contributed by atoms with Crippen molar-refractivity contribution in [2.45, 2.75) is 45.7 Å². The third-order valence-corrected chi connectivity index (χ3v) is 8.44. The largest absolute Gasteiger partial charge is 0.507 e. The van der Waals surface area contributed by atoms with Crippen LogP contribution in [0.5, 0.6) is 11.5 Å². The second-order valence-electron chi connectivity index (χ2n) is 11.4. The van der Waals surface area contributed by atoms with Crippen molar-refractivity contribution in [2.75, 3.05) is 37.5 Å². The van der Waals surface area contributed by atoms with Gasteiger partial charge in [0.05, 0.1) is 31.7 Å². The van der Waals surface area contributed by atoms with Crippen molar-refractivity contribution in [3.8, 4) is 22.6 Å². The Bertz CT molecular complexity index is 1680. The number of hydrogen-bond donors (Lipinski definition) is 3. The Labute approximate surface area is 270 Å². The zero-order chi connectivity index (χ0) is 32.6. The van der Waals surface area contributed by atoms with E-state index < -0.39 is 6.29 Å². The van der Waals surface area contributed by atoms with Gasteiger partial charge < -0.3 is 34.6 Å². The van der Waals surface area contributed by atoms with Gasteiger partial charge in [-0.2, -0.15) is 0 Å². The molecule has 3 N–H and O–H groups in total. The Hall–Kier alpha value is -4.70. The number of aromatic hydroxyl groups is 1. The number of allylic oxidation sites excluding steroid dienone is 1. The normalized spacial score (nSPS) is 14.8. The van der Waals surface area contributed by atoms with Gasteiger partial charge in [0.1, 0.15) is 17.3 Å². The summed E-state index contributed by atoms with van der Waals surface area (Å²) in [5, 5.41) is 23.5. The van der Waals surface area contributed by atoms with Crippen LogP contribution in [0.2, 0.25) is 0 Å². The molecule has 0 radical (unpaired) electrons. The van der Waals surface area contributed by atoms with Crippen LogP contribution in [0.25, 0.3) is 16.7 Å². The summed E-state index contributed by atoms with van der Waals surface area (Å²) in [6, 6.07) is 24.4. The number of rotatable bonds is 11. The fourth-order valence-corrected chi connectivity index (χ4v) is 5.57. The molecule has 1 aliphatic heterocycles. The van der Waals surface area contributed by atoms with Crippen molar-refractivity contribution in [1.82, 2.24) is 4.98 Å². The van der Waals surface area contributed by atoms with Crippen molar-refractivity contribution in [2.24, 2.45) is 0 Å². The average Bonchev–Trinajstić information content (AvgIpc) is 3.10. The highest BCUT2D eigenvalue weighted by molar-refractivity contribution is 6.08. The number of methoxy groups -OCH3 is 2. The predicted molar refractivity (Wildman–Crippen MR) is 180 cm³/mol. The average molecular weight is 624 g/mol. The van der Waals surface area contributed by atoms with Gasteiger partial charge in [0, 0.05) is 42.5 Å². The highest BCUT2D eigenvalue weighted by Crippen LogP contribution is 2.36. The van der Waals surface area contributed by atoms with Gasteiger partial charge in [-0.1, -0.05) is 42.5 Å². The Morgan fingerprint density at radius 1 is 1.00 bits per heavy atom. The van der Waals surface area contributed by atoms with Crippen LogP contribution in [0.3, 0.4) is 0 Å². The maximum atomic E-state index is 13.2. The minimum absolute atomic E-state index is 0.0969. The van der Waals surface area contributed by atoms with Crippen LogP contribution in [-0.2, 0) is 20.9 Å². The highest BCUT2D eigenvalue weighted by atomic mass is 16.6. The molecule has 4 aromatic rings. The number of phenolic OH excluding ortho intramolecular Hbond substituents is 1. The quantitative estimate of drug-likeness (QED) is 0.125. The lowest BCUT2D eigenvalue weighted by Crippen LogP contribution is -2.37. The van der Waals surface area contributed by atoms with E-state index in [4.69, 9.17) is 14.2 Å². The monoisotopic (exact) mass is 623 g/mol. The number of amides is 1. The molecule has 1 saturated heterocycles. The number of aromatic nitrogens is 1. The van der Waals surface area contributed by atoms with E-state index in [1.165, 1.54) is 7.11 Å². The number of carbonyl (C=O) groups is 1. The fourth-order valence-electron chi connectivity index (χ4n) is 5.57. The Balaban J connectivity index is 1.17. The number of ether oxygens (including phenoxy) is 3. The van der Waals surface area contributed by atoms with Crippen LogP contribution >= 0.6 is 0 Å². The molecule has 240 valence electrons. The number of nitrogens with zero attached hydrogens (tertiary/aromatic N) is 2. The second-order valence-corrected chi connectivity index (χ2v) is 11.4. The van der Waals surface area contributed by atoms with Crippen LogP contribution in [0, 0.1) is 0 Å². The minimum Gasteiger partial charge on any atom is -0.507 e. The molecule has 0 aliphatic carbocycles. The van der Waals surface area contributed by atoms with Gasteiger partial charge in [-0.05, 0) is 79.8 Å². The highest BCUT2D eigenvalue weighted by Gasteiger charge is 2.21. The summed E-state index contributed by atoms with van der Waals surface area (Å²) >= 11 is 0. The summed E-state index contributed by atoms with van der Waals surface area (Å²) in [4.78, 5) is 20.0. The van der Waals surface area contributed by atoms with Gasteiger partial charge in [0.15, 0.2) is 6.29 Å². The smallest absolute Gasteiger partial charge is 0.251 e. The minimum atomic E-state index is -0.942. The summed E-state index contributed by atoms with van der Waals surface area (Å²) in [5.41, 5.74) is 5.80. The number of aliphatic hydroxyl groups is 1. The Morgan fingerprint density at radius 2 is 1.78 bits per heavy atom. The molecule has 2 heterocycles. The number of hydrogen-bond acceptors (Lipinski definition) is 8. The molecule has 1 atom stereocenters. The van der Waals surface area contributed by atoms with Gasteiger partial charge >= 0.3 is 0 Å². The molecule has 1 amide bonds. The van der Waals surface area contributed by atoms with E-state index in [1.807, 2.05) is 79.7 Å².